The molecule has 0 spiro atoms. The third-order valence-corrected chi connectivity index (χ3v) is 10.9. The molecule has 11 heteroatoms. The van der Waals surface area contributed by atoms with Gasteiger partial charge in [0, 0.05) is 25.2 Å². The van der Waals surface area contributed by atoms with Gasteiger partial charge in [-0.2, -0.15) is 0 Å². The molecular formula is C38H48BN5O5. The molecule has 1 saturated heterocycles. The second-order valence-corrected chi connectivity index (χ2v) is 15.1. The van der Waals surface area contributed by atoms with Crippen molar-refractivity contribution < 1.29 is 23.7 Å². The fourth-order valence-electron chi connectivity index (χ4n) is 8.56. The Balaban J connectivity index is 1.22. The van der Waals surface area contributed by atoms with Gasteiger partial charge >= 0.3 is 7.12 Å². The highest BCUT2D eigenvalue weighted by molar-refractivity contribution is 6.48. The molecule has 0 unspecified atom stereocenters. The van der Waals surface area contributed by atoms with Gasteiger partial charge in [-0.3, -0.25) is 19.4 Å². The molecule has 2 saturated carbocycles. The number of nitrogens with one attached hydrogen (secondary N) is 3. The molecule has 2 heterocycles. The number of aromatic nitrogens is 2. The summed E-state index contributed by atoms with van der Waals surface area (Å²) in [5.41, 5.74) is 1.58. The summed E-state index contributed by atoms with van der Waals surface area (Å²) in [5.74, 6) is -0.703. The SMILES string of the molecule is CC(C)C[C@H](NC(=O)[C@H](Cc1ccccc1)NC(=O)[C@H](Cc1ccccc1)NC(=O)c1cnccn1)B1O[C@@H]2[C@H]3CC[C@H](C3(C)C)[C@]2(C)O1. The van der Waals surface area contributed by atoms with E-state index >= 15 is 0 Å². The molecule has 2 bridgehead atoms. The molecule has 1 aliphatic heterocycles. The number of hydrogen-bond donors (Lipinski definition) is 3. The van der Waals surface area contributed by atoms with Gasteiger partial charge in [-0.1, -0.05) is 88.4 Å². The number of nitrogens with zero attached hydrogens (tertiary/aromatic N) is 2. The van der Waals surface area contributed by atoms with Gasteiger partial charge in [0.25, 0.3) is 5.91 Å². The van der Waals surface area contributed by atoms with E-state index in [9.17, 15) is 14.4 Å². The zero-order valence-electron chi connectivity index (χ0n) is 29.1. The molecular weight excluding hydrogens is 617 g/mol. The van der Waals surface area contributed by atoms with Crippen molar-refractivity contribution in [1.29, 1.82) is 0 Å². The van der Waals surface area contributed by atoms with E-state index in [1.54, 1.807) is 0 Å². The van der Waals surface area contributed by atoms with E-state index < -0.39 is 42.6 Å². The molecule has 49 heavy (non-hydrogen) atoms. The summed E-state index contributed by atoms with van der Waals surface area (Å²) in [4.78, 5) is 49.6. The van der Waals surface area contributed by atoms with Crippen molar-refractivity contribution >= 4 is 24.8 Å². The maximum absolute atomic E-state index is 14.3. The highest BCUT2D eigenvalue weighted by Crippen LogP contribution is 2.66. The van der Waals surface area contributed by atoms with Gasteiger partial charge in [0.05, 0.1) is 23.8 Å². The predicted molar refractivity (Wildman–Crippen MR) is 187 cm³/mol. The average Bonchev–Trinajstić information content (AvgIpc) is 3.65. The van der Waals surface area contributed by atoms with Gasteiger partial charge < -0.3 is 25.3 Å². The summed E-state index contributed by atoms with van der Waals surface area (Å²) in [6, 6.07) is 17.1. The fraction of sp³-hybridized carbons (Fsp3) is 0.500. The number of amides is 3. The van der Waals surface area contributed by atoms with Crippen molar-refractivity contribution in [2.24, 2.45) is 23.2 Å². The van der Waals surface area contributed by atoms with Crippen molar-refractivity contribution in [3.8, 4) is 0 Å². The number of carbonyl (C=O) groups excluding carboxylic acids is 3. The highest BCUT2D eigenvalue weighted by atomic mass is 16.7. The van der Waals surface area contributed by atoms with E-state index in [0.717, 1.165) is 24.0 Å². The zero-order valence-corrected chi connectivity index (χ0v) is 29.1. The molecule has 3 N–H and O–H groups in total. The van der Waals surface area contributed by atoms with Crippen molar-refractivity contribution in [3.05, 3.63) is 96.1 Å². The number of fused-ring (bicyclic) bond motifs is 5. The van der Waals surface area contributed by atoms with E-state index in [-0.39, 0.29) is 41.9 Å². The molecule has 10 nitrogen and oxygen atoms in total. The van der Waals surface area contributed by atoms with Crippen LogP contribution in [-0.4, -0.2) is 64.5 Å². The second kappa shape index (κ2) is 14.4. The van der Waals surface area contributed by atoms with Crippen molar-refractivity contribution in [3.63, 3.8) is 0 Å². The van der Waals surface area contributed by atoms with Gasteiger partial charge in [-0.15, -0.1) is 0 Å². The molecule has 258 valence electrons. The van der Waals surface area contributed by atoms with Crippen LogP contribution in [0.3, 0.4) is 0 Å². The van der Waals surface area contributed by atoms with E-state index in [1.807, 2.05) is 60.7 Å². The van der Waals surface area contributed by atoms with Crippen LogP contribution in [0.1, 0.15) is 75.5 Å². The third-order valence-electron chi connectivity index (χ3n) is 10.9. The van der Waals surface area contributed by atoms with Crippen LogP contribution in [0.2, 0.25) is 0 Å². The Labute approximate surface area is 289 Å². The fourth-order valence-corrected chi connectivity index (χ4v) is 8.56. The minimum atomic E-state index is -0.978. The average molecular weight is 666 g/mol. The number of rotatable bonds is 13. The lowest BCUT2D eigenvalue weighted by Crippen LogP contribution is -2.58. The Kier molecular flexibility index (Phi) is 10.2. The normalized spacial score (nSPS) is 25.3. The van der Waals surface area contributed by atoms with Gasteiger partial charge in [0.2, 0.25) is 11.8 Å². The number of benzene rings is 2. The Hall–Kier alpha value is -4.09. The summed E-state index contributed by atoms with van der Waals surface area (Å²) in [7, 11) is -0.592. The smallest absolute Gasteiger partial charge is 0.404 e. The first-order chi connectivity index (χ1) is 23.5. The molecule has 2 aliphatic carbocycles. The van der Waals surface area contributed by atoms with Crippen molar-refractivity contribution in [2.45, 2.75) is 96.5 Å². The van der Waals surface area contributed by atoms with Crippen molar-refractivity contribution in [2.75, 3.05) is 0 Å². The first-order valence-electron chi connectivity index (χ1n) is 17.5. The van der Waals surface area contributed by atoms with Crippen LogP contribution in [0.5, 0.6) is 0 Å². The molecule has 3 aliphatic rings. The third kappa shape index (κ3) is 7.43. The van der Waals surface area contributed by atoms with Crippen LogP contribution in [-0.2, 0) is 31.7 Å². The molecule has 1 aromatic heterocycles. The standard InChI is InChI=1S/C38H48BN5O5/c1-24(2)20-32(39-48-33-27-16-17-31(37(27,3)4)38(33,5)49-39)44-35(46)29(22-26-14-10-7-11-15-26)42-34(45)28(21-25-12-8-6-9-13-25)43-36(47)30-23-40-18-19-41-30/h6-15,18-19,23-24,27-29,31-33H,16-17,20-22H2,1-5H3,(H,42,45)(H,43,47)(H,44,46)/t27-,28+,29+,31-,32+,33-,38+/m1/s1. The molecule has 6 rings (SSSR count). The lowest BCUT2D eigenvalue weighted by atomic mass is 9.72. The first-order valence-corrected chi connectivity index (χ1v) is 17.5. The minimum absolute atomic E-state index is 0.0192. The van der Waals surface area contributed by atoms with Crippen LogP contribution < -0.4 is 16.0 Å². The summed E-state index contributed by atoms with van der Waals surface area (Å²) >= 11 is 0. The van der Waals surface area contributed by atoms with Crippen molar-refractivity contribution in [1.82, 2.24) is 25.9 Å². The quantitative estimate of drug-likeness (QED) is 0.232. The Morgan fingerprint density at radius 2 is 1.47 bits per heavy atom. The van der Waals surface area contributed by atoms with Gasteiger partial charge in [-0.05, 0) is 60.5 Å². The molecule has 3 amide bonds. The van der Waals surface area contributed by atoms with Crippen LogP contribution in [0.15, 0.2) is 79.3 Å². The highest BCUT2D eigenvalue weighted by Gasteiger charge is 2.71. The summed E-state index contributed by atoms with van der Waals surface area (Å²) in [6.45, 7) is 11.1. The monoisotopic (exact) mass is 665 g/mol. The molecule has 0 radical (unpaired) electrons. The first kappa shape index (κ1) is 34.8. The van der Waals surface area contributed by atoms with Gasteiger partial charge in [0.1, 0.15) is 17.8 Å². The predicted octanol–water partition coefficient (Wildman–Crippen LogP) is 4.34. The number of hydrogen-bond acceptors (Lipinski definition) is 7. The van der Waals surface area contributed by atoms with E-state index in [2.05, 4.69) is 60.5 Å². The maximum Gasteiger partial charge on any atom is 0.481 e. The van der Waals surface area contributed by atoms with Gasteiger partial charge in [0.15, 0.2) is 0 Å². The van der Waals surface area contributed by atoms with E-state index in [1.165, 1.54) is 18.6 Å². The van der Waals surface area contributed by atoms with E-state index in [4.69, 9.17) is 9.31 Å². The van der Waals surface area contributed by atoms with Gasteiger partial charge in [-0.25, -0.2) is 4.98 Å². The molecule has 7 atom stereocenters. The zero-order chi connectivity index (χ0) is 34.8. The Morgan fingerprint density at radius 1 is 0.857 bits per heavy atom. The van der Waals surface area contributed by atoms with E-state index in [0.29, 0.717) is 18.3 Å². The molecule has 3 aromatic rings. The number of carbonyl (C=O) groups is 3. The largest absolute Gasteiger partial charge is 0.481 e. The van der Waals surface area contributed by atoms with Crippen LogP contribution in [0, 0.1) is 23.2 Å². The van der Waals surface area contributed by atoms with Crippen LogP contribution >= 0.6 is 0 Å². The molecule has 3 fully saturated rings. The summed E-state index contributed by atoms with van der Waals surface area (Å²) in [6.07, 6.45) is 7.59. The Morgan fingerprint density at radius 3 is 2.04 bits per heavy atom. The lowest BCUT2D eigenvalue weighted by molar-refractivity contribution is -0.130. The molecule has 2 aromatic carbocycles. The minimum Gasteiger partial charge on any atom is -0.404 e. The maximum atomic E-state index is 14.3. The van der Waals surface area contributed by atoms with Crippen LogP contribution in [0.25, 0.3) is 0 Å². The lowest BCUT2D eigenvalue weighted by Gasteiger charge is -2.35. The Bertz CT molecular complexity index is 1610. The van der Waals surface area contributed by atoms with Crippen LogP contribution in [0.4, 0.5) is 0 Å². The summed E-state index contributed by atoms with van der Waals surface area (Å²) in [5, 5.41) is 9.05. The summed E-state index contributed by atoms with van der Waals surface area (Å²) < 4.78 is 13.5. The topological polar surface area (TPSA) is 132 Å². The second-order valence-electron chi connectivity index (χ2n) is 15.1.